The molecule has 4 heteroatoms. The predicted molar refractivity (Wildman–Crippen MR) is 121 cm³/mol. The minimum Gasteiger partial charge on any atom is -0.489 e. The number of fused-ring (bicyclic) bond motifs is 1. The Hall–Kier alpha value is -3.92. The van der Waals surface area contributed by atoms with Crippen LogP contribution in [-0.2, 0) is 6.42 Å². The topological polar surface area (TPSA) is 46.5 Å². The molecule has 0 unspecified atom stereocenters. The summed E-state index contributed by atoms with van der Waals surface area (Å²) in [6.45, 7) is 0.248. The molecule has 0 spiro atoms. The molecular formula is C27H21FO3. The summed E-state index contributed by atoms with van der Waals surface area (Å²) < 4.78 is 19.0. The zero-order chi connectivity index (χ0) is 21.6. The van der Waals surface area contributed by atoms with E-state index in [0.29, 0.717) is 0 Å². The smallest absolute Gasteiger partial charge is 0.339 e. The van der Waals surface area contributed by atoms with E-state index in [1.54, 1.807) is 24.3 Å². The van der Waals surface area contributed by atoms with E-state index in [1.807, 2.05) is 30.4 Å². The maximum Gasteiger partial charge on any atom is 0.339 e. The molecule has 0 amide bonds. The van der Waals surface area contributed by atoms with Crippen LogP contribution in [0.1, 0.15) is 15.9 Å². The van der Waals surface area contributed by atoms with Crippen molar-refractivity contribution < 1.29 is 19.0 Å². The van der Waals surface area contributed by atoms with E-state index in [0.717, 1.165) is 17.5 Å². The van der Waals surface area contributed by atoms with Crippen molar-refractivity contribution in [1.82, 2.24) is 0 Å². The molecule has 0 aliphatic rings. The number of rotatable bonds is 7. The largest absolute Gasteiger partial charge is 0.489 e. The van der Waals surface area contributed by atoms with Crippen molar-refractivity contribution in [3.63, 3.8) is 0 Å². The molecule has 4 aromatic carbocycles. The third kappa shape index (κ3) is 4.81. The van der Waals surface area contributed by atoms with E-state index in [2.05, 4.69) is 24.3 Å². The summed E-state index contributed by atoms with van der Waals surface area (Å²) in [6.07, 6.45) is 4.66. The number of carbonyl (C=O) groups is 1. The first-order valence-corrected chi connectivity index (χ1v) is 9.99. The summed E-state index contributed by atoms with van der Waals surface area (Å²) in [5.41, 5.74) is 2.86. The number of carboxylic acids is 1. The van der Waals surface area contributed by atoms with Crippen molar-refractivity contribution in [3.05, 3.63) is 114 Å². The van der Waals surface area contributed by atoms with Crippen molar-refractivity contribution in [3.8, 4) is 16.9 Å². The van der Waals surface area contributed by atoms with Crippen LogP contribution in [0.4, 0.5) is 4.39 Å². The number of halogens is 1. The van der Waals surface area contributed by atoms with Gasteiger partial charge in [0.2, 0.25) is 0 Å². The second-order valence-corrected chi connectivity index (χ2v) is 7.15. The highest BCUT2D eigenvalue weighted by molar-refractivity contribution is 5.92. The number of benzene rings is 4. The Bertz CT molecular complexity index is 1240. The van der Waals surface area contributed by atoms with Gasteiger partial charge in [-0.25, -0.2) is 9.18 Å². The fraction of sp³-hybridized carbons (Fsp3) is 0.0741. The van der Waals surface area contributed by atoms with Crippen LogP contribution in [0.25, 0.3) is 21.9 Å². The van der Waals surface area contributed by atoms with Crippen molar-refractivity contribution in [2.24, 2.45) is 0 Å². The minimum absolute atomic E-state index is 0.0910. The van der Waals surface area contributed by atoms with Gasteiger partial charge in [0, 0.05) is 0 Å². The summed E-state index contributed by atoms with van der Waals surface area (Å²) in [5, 5.41) is 11.9. The normalized spacial score (nSPS) is 11.1. The second-order valence-electron chi connectivity index (χ2n) is 7.15. The summed E-state index contributed by atoms with van der Waals surface area (Å²) in [5.74, 6) is -1.09. The Morgan fingerprint density at radius 3 is 2.42 bits per heavy atom. The fourth-order valence-electron chi connectivity index (χ4n) is 3.53. The van der Waals surface area contributed by atoms with Crippen molar-refractivity contribution in [2.45, 2.75) is 6.42 Å². The van der Waals surface area contributed by atoms with E-state index in [9.17, 15) is 14.3 Å². The lowest BCUT2D eigenvalue weighted by atomic mass is 10.0. The van der Waals surface area contributed by atoms with E-state index >= 15 is 0 Å². The first-order valence-electron chi connectivity index (χ1n) is 9.99. The van der Waals surface area contributed by atoms with E-state index in [4.69, 9.17) is 4.74 Å². The molecule has 0 heterocycles. The Balaban J connectivity index is 1.47. The fourth-order valence-corrected chi connectivity index (χ4v) is 3.53. The average molecular weight is 412 g/mol. The number of ether oxygens (including phenoxy) is 1. The summed E-state index contributed by atoms with van der Waals surface area (Å²) >= 11 is 0. The van der Waals surface area contributed by atoms with Gasteiger partial charge >= 0.3 is 5.97 Å². The van der Waals surface area contributed by atoms with Crippen molar-refractivity contribution in [2.75, 3.05) is 6.61 Å². The molecular weight excluding hydrogens is 391 g/mol. The molecule has 0 aromatic heterocycles. The van der Waals surface area contributed by atoms with Gasteiger partial charge in [-0.15, -0.1) is 0 Å². The molecule has 31 heavy (non-hydrogen) atoms. The lowest BCUT2D eigenvalue weighted by Crippen LogP contribution is -2.03. The molecule has 0 aliphatic heterocycles. The van der Waals surface area contributed by atoms with Gasteiger partial charge in [-0.05, 0) is 58.1 Å². The monoisotopic (exact) mass is 412 g/mol. The number of aromatic carboxylic acids is 1. The Morgan fingerprint density at radius 2 is 1.61 bits per heavy atom. The van der Waals surface area contributed by atoms with E-state index in [-0.39, 0.29) is 23.7 Å². The van der Waals surface area contributed by atoms with Crippen LogP contribution in [0, 0.1) is 5.82 Å². The van der Waals surface area contributed by atoms with Crippen LogP contribution >= 0.6 is 0 Å². The van der Waals surface area contributed by atoms with Gasteiger partial charge in [0.15, 0.2) is 0 Å². The zero-order valence-electron chi connectivity index (χ0n) is 16.8. The van der Waals surface area contributed by atoms with Gasteiger partial charge < -0.3 is 9.84 Å². The Kier molecular flexibility index (Phi) is 6.08. The Morgan fingerprint density at radius 1 is 0.871 bits per heavy atom. The molecule has 3 nitrogen and oxygen atoms in total. The lowest BCUT2D eigenvalue weighted by molar-refractivity contribution is 0.0693. The highest BCUT2D eigenvalue weighted by Gasteiger charge is 2.12. The Labute approximate surface area is 180 Å². The molecule has 0 fully saturated rings. The van der Waals surface area contributed by atoms with E-state index in [1.165, 1.54) is 34.5 Å². The first-order chi connectivity index (χ1) is 15.1. The van der Waals surface area contributed by atoms with Crippen molar-refractivity contribution in [1.29, 1.82) is 0 Å². The van der Waals surface area contributed by atoms with Crippen LogP contribution in [0.15, 0.2) is 97.1 Å². The highest BCUT2D eigenvalue weighted by atomic mass is 19.1. The standard InChI is InChI=1S/C27H21FO3/c28-23-14-11-19(12-15-23)22-13-16-25(27(29)30)26(18-22)31-17-4-3-7-21-9-5-8-20-6-1-2-10-24(20)21/h1-6,8-16,18H,7,17H2,(H,29,30)/b4-3+. The first kappa shape index (κ1) is 20.4. The molecule has 0 atom stereocenters. The number of allylic oxidation sites excluding steroid dienone is 1. The molecule has 4 aromatic rings. The van der Waals surface area contributed by atoms with Crippen LogP contribution < -0.4 is 4.74 Å². The zero-order valence-corrected chi connectivity index (χ0v) is 16.8. The molecule has 0 saturated carbocycles. The maximum absolute atomic E-state index is 13.2. The summed E-state index contributed by atoms with van der Waals surface area (Å²) in [4.78, 5) is 11.6. The summed E-state index contributed by atoms with van der Waals surface area (Å²) in [6, 6.07) is 25.4. The number of hydrogen-bond acceptors (Lipinski definition) is 2. The van der Waals surface area contributed by atoms with Crippen LogP contribution in [-0.4, -0.2) is 17.7 Å². The van der Waals surface area contributed by atoms with Gasteiger partial charge in [0.05, 0.1) is 0 Å². The van der Waals surface area contributed by atoms with E-state index < -0.39 is 5.97 Å². The summed E-state index contributed by atoms with van der Waals surface area (Å²) in [7, 11) is 0. The number of carboxylic acid groups (broad SMARTS) is 1. The SMILES string of the molecule is O=C(O)c1ccc(-c2ccc(F)cc2)cc1OC/C=C/Cc1cccc2ccccc12. The molecule has 154 valence electrons. The van der Waals surface area contributed by atoms with Gasteiger partial charge in [0.1, 0.15) is 23.7 Å². The van der Waals surface area contributed by atoms with Gasteiger partial charge in [-0.2, -0.15) is 0 Å². The molecule has 0 radical (unpaired) electrons. The number of hydrogen-bond donors (Lipinski definition) is 1. The van der Waals surface area contributed by atoms with Gasteiger partial charge in [0.25, 0.3) is 0 Å². The molecule has 1 N–H and O–H groups in total. The lowest BCUT2D eigenvalue weighted by Gasteiger charge is -2.10. The van der Waals surface area contributed by atoms with Gasteiger partial charge in [-0.3, -0.25) is 0 Å². The van der Waals surface area contributed by atoms with Crippen LogP contribution in [0.3, 0.4) is 0 Å². The minimum atomic E-state index is -1.06. The second kappa shape index (κ2) is 9.26. The molecule has 0 saturated heterocycles. The van der Waals surface area contributed by atoms with Gasteiger partial charge in [-0.1, -0.05) is 72.8 Å². The molecule has 0 bridgehead atoms. The maximum atomic E-state index is 13.2. The molecule has 0 aliphatic carbocycles. The predicted octanol–water partition coefficient (Wildman–Crippen LogP) is 6.52. The third-order valence-electron chi connectivity index (χ3n) is 5.11. The van der Waals surface area contributed by atoms with Crippen molar-refractivity contribution >= 4 is 16.7 Å². The van der Waals surface area contributed by atoms with Crippen LogP contribution in [0.2, 0.25) is 0 Å². The quantitative estimate of drug-likeness (QED) is 0.351. The average Bonchev–Trinajstić information content (AvgIpc) is 2.79. The highest BCUT2D eigenvalue weighted by Crippen LogP contribution is 2.28. The van der Waals surface area contributed by atoms with Crippen LogP contribution in [0.5, 0.6) is 5.75 Å². The third-order valence-corrected chi connectivity index (χ3v) is 5.11. The molecule has 4 rings (SSSR count).